The van der Waals surface area contributed by atoms with E-state index in [-0.39, 0.29) is 42.9 Å². The van der Waals surface area contributed by atoms with Crippen molar-refractivity contribution in [2.24, 2.45) is 11.8 Å². The van der Waals surface area contributed by atoms with Crippen LogP contribution in [0.25, 0.3) is 11.1 Å². The lowest BCUT2D eigenvalue weighted by atomic mass is 9.90. The van der Waals surface area contributed by atoms with Crippen molar-refractivity contribution >= 4 is 5.97 Å². The van der Waals surface area contributed by atoms with E-state index in [1.165, 1.54) is 18.2 Å². The molecule has 6 heteroatoms. The van der Waals surface area contributed by atoms with Crippen LogP contribution in [0.1, 0.15) is 56.9 Å². The van der Waals surface area contributed by atoms with E-state index in [0.29, 0.717) is 13.0 Å². The first-order valence-corrected chi connectivity index (χ1v) is 14.0. The first kappa shape index (κ1) is 28.5. The van der Waals surface area contributed by atoms with Crippen LogP contribution in [-0.4, -0.2) is 49.9 Å². The van der Waals surface area contributed by atoms with Crippen LogP contribution in [0.15, 0.2) is 66.7 Å². The summed E-state index contributed by atoms with van der Waals surface area (Å²) in [5, 5.41) is 10.4. The van der Waals surface area contributed by atoms with E-state index in [0.717, 1.165) is 57.1 Å². The Labute approximate surface area is 226 Å². The summed E-state index contributed by atoms with van der Waals surface area (Å²) in [6.45, 7) is 1.31. The Kier molecular flexibility index (Phi) is 11.4. The van der Waals surface area contributed by atoms with Gasteiger partial charge in [0, 0.05) is 32.0 Å². The van der Waals surface area contributed by atoms with Crippen LogP contribution >= 0.6 is 0 Å². The van der Waals surface area contributed by atoms with E-state index in [2.05, 4.69) is 60.7 Å². The Hall–Kier alpha value is -2.51. The molecule has 4 rings (SSSR count). The van der Waals surface area contributed by atoms with Gasteiger partial charge in [-0.25, -0.2) is 0 Å². The van der Waals surface area contributed by atoms with Gasteiger partial charge in [0.1, 0.15) is 0 Å². The predicted molar refractivity (Wildman–Crippen MR) is 147 cm³/mol. The van der Waals surface area contributed by atoms with Crippen molar-refractivity contribution in [1.29, 1.82) is 0 Å². The molecule has 1 aliphatic heterocycles. The lowest BCUT2D eigenvalue weighted by molar-refractivity contribution is -0.198. The number of aliphatic hydroxyl groups is 1. The smallest absolute Gasteiger partial charge is 0.305 e. The van der Waals surface area contributed by atoms with Crippen LogP contribution in [0.3, 0.4) is 0 Å². The van der Waals surface area contributed by atoms with Crippen molar-refractivity contribution in [3.63, 3.8) is 0 Å². The Morgan fingerprint density at radius 2 is 1.79 bits per heavy atom. The molecule has 6 nitrogen and oxygen atoms in total. The maximum absolute atomic E-state index is 11.3. The number of allylic oxidation sites excluding steroid dienone is 2. The summed E-state index contributed by atoms with van der Waals surface area (Å²) in [5.41, 5.74) is 3.51. The summed E-state index contributed by atoms with van der Waals surface area (Å²) in [6, 6.07) is 18.9. The predicted octanol–water partition coefficient (Wildman–Crippen LogP) is 6.07. The molecule has 2 fully saturated rings. The summed E-state index contributed by atoms with van der Waals surface area (Å²) < 4.78 is 23.4. The average molecular weight is 523 g/mol. The van der Waals surface area contributed by atoms with Crippen LogP contribution in [0, 0.1) is 11.8 Å². The van der Waals surface area contributed by atoms with E-state index in [9.17, 15) is 9.90 Å². The molecule has 1 unspecified atom stereocenters. The summed E-state index contributed by atoms with van der Waals surface area (Å²) in [4.78, 5) is 11.3. The van der Waals surface area contributed by atoms with Gasteiger partial charge in [-0.2, -0.15) is 0 Å². The molecule has 0 amide bonds. The van der Waals surface area contributed by atoms with Crippen molar-refractivity contribution in [1.82, 2.24) is 0 Å². The van der Waals surface area contributed by atoms with Gasteiger partial charge >= 0.3 is 5.97 Å². The van der Waals surface area contributed by atoms with Crippen molar-refractivity contribution in [3.05, 3.63) is 72.3 Å². The maximum atomic E-state index is 11.3. The van der Waals surface area contributed by atoms with Crippen molar-refractivity contribution < 1.29 is 28.8 Å². The van der Waals surface area contributed by atoms with E-state index in [1.807, 2.05) is 6.07 Å². The second kappa shape index (κ2) is 15.2. The molecule has 0 aromatic heterocycles. The number of ether oxygens (including phenoxy) is 4. The summed E-state index contributed by atoms with van der Waals surface area (Å²) in [7, 11) is 1.42. The van der Waals surface area contributed by atoms with Gasteiger partial charge < -0.3 is 24.1 Å². The highest BCUT2D eigenvalue weighted by molar-refractivity contribution is 5.69. The Balaban J connectivity index is 1.37. The summed E-state index contributed by atoms with van der Waals surface area (Å²) >= 11 is 0. The number of hydrogen-bond donors (Lipinski definition) is 1. The number of esters is 1. The first-order valence-electron chi connectivity index (χ1n) is 14.0. The molecule has 2 aliphatic rings. The molecule has 5 atom stereocenters. The van der Waals surface area contributed by atoms with Gasteiger partial charge in [0.05, 0.1) is 25.9 Å². The largest absolute Gasteiger partial charge is 0.469 e. The van der Waals surface area contributed by atoms with E-state index >= 15 is 0 Å². The Bertz CT molecular complexity index is 983. The monoisotopic (exact) mass is 522 g/mol. The molecule has 2 aromatic carbocycles. The first-order chi connectivity index (χ1) is 18.7. The van der Waals surface area contributed by atoms with E-state index < -0.39 is 0 Å². The fourth-order valence-corrected chi connectivity index (χ4v) is 5.54. The molecule has 1 saturated heterocycles. The topological polar surface area (TPSA) is 74.2 Å². The number of rotatable bonds is 13. The maximum Gasteiger partial charge on any atom is 0.305 e. The molecule has 1 N–H and O–H groups in total. The third-order valence-corrected chi connectivity index (χ3v) is 7.72. The number of aliphatic hydroxyl groups excluding tert-OH is 1. The fraction of sp³-hybridized carbons (Fsp3) is 0.531. The van der Waals surface area contributed by atoms with Crippen LogP contribution in [-0.2, 0) is 30.3 Å². The minimum Gasteiger partial charge on any atom is -0.469 e. The zero-order valence-corrected chi connectivity index (χ0v) is 22.5. The molecule has 0 radical (unpaired) electrons. The van der Waals surface area contributed by atoms with Crippen LogP contribution < -0.4 is 0 Å². The van der Waals surface area contributed by atoms with E-state index in [4.69, 9.17) is 18.9 Å². The summed E-state index contributed by atoms with van der Waals surface area (Å²) in [6.07, 6.45) is 10.6. The van der Waals surface area contributed by atoms with Gasteiger partial charge in [0.25, 0.3) is 0 Å². The second-order valence-corrected chi connectivity index (χ2v) is 10.3. The van der Waals surface area contributed by atoms with Gasteiger partial charge in [-0.15, -0.1) is 0 Å². The number of carbonyl (C=O) groups excluding carboxylic acids is 1. The molecule has 1 aliphatic carbocycles. The fourth-order valence-electron chi connectivity index (χ4n) is 5.54. The zero-order chi connectivity index (χ0) is 26.6. The molecule has 206 valence electrons. The number of benzene rings is 2. The van der Waals surface area contributed by atoms with Gasteiger partial charge in [-0.05, 0) is 61.1 Å². The second-order valence-electron chi connectivity index (χ2n) is 10.3. The summed E-state index contributed by atoms with van der Waals surface area (Å²) in [5.74, 6) is -0.0375. The standard InChI is InChI=1S/C32H42O6/c1-35-31(34)14-8-3-2-7-13-27-28(22-33)30(38-32-15-9-10-20-36-32)21-29(27)37-23-24-16-18-26(19-17-24)25-11-5-4-6-12-25/h2,4-7,11-12,16-19,27-30,32-33H,3,8-10,13-15,20-23H2,1H3/t27-,28-,29+,30-,32?/m1/s1. The minimum absolute atomic E-state index is 0.00861. The van der Waals surface area contributed by atoms with Crippen molar-refractivity contribution in [2.75, 3.05) is 20.3 Å². The lowest BCUT2D eigenvalue weighted by Crippen LogP contribution is -2.33. The molecule has 1 heterocycles. The molecule has 38 heavy (non-hydrogen) atoms. The molecular weight excluding hydrogens is 480 g/mol. The van der Waals surface area contributed by atoms with Crippen LogP contribution in [0.5, 0.6) is 0 Å². The molecule has 0 spiro atoms. The van der Waals surface area contributed by atoms with E-state index in [1.54, 1.807) is 0 Å². The Morgan fingerprint density at radius 3 is 2.50 bits per heavy atom. The van der Waals surface area contributed by atoms with Gasteiger partial charge in [0.15, 0.2) is 6.29 Å². The molecule has 0 bridgehead atoms. The van der Waals surface area contributed by atoms with Gasteiger partial charge in [0.2, 0.25) is 0 Å². The number of unbranched alkanes of at least 4 members (excludes halogenated alkanes) is 1. The number of hydrogen-bond acceptors (Lipinski definition) is 6. The van der Waals surface area contributed by atoms with Crippen molar-refractivity contribution in [2.45, 2.75) is 76.5 Å². The normalized spacial score (nSPS) is 25.6. The van der Waals surface area contributed by atoms with Gasteiger partial charge in [-0.1, -0.05) is 66.7 Å². The minimum atomic E-state index is -0.193. The Morgan fingerprint density at radius 1 is 1.00 bits per heavy atom. The molecular formula is C32H42O6. The third-order valence-electron chi connectivity index (χ3n) is 7.72. The quantitative estimate of drug-likeness (QED) is 0.196. The SMILES string of the molecule is COC(=O)CCCC=CC[C@@H]1[C@@H](CO)[C@H](OC2CCCCO2)C[C@@H]1OCc1ccc(-c2ccccc2)cc1. The highest BCUT2D eigenvalue weighted by Crippen LogP contribution is 2.40. The number of methoxy groups -OCH3 is 1. The molecule has 2 aromatic rings. The highest BCUT2D eigenvalue weighted by Gasteiger charge is 2.44. The van der Waals surface area contributed by atoms with Crippen LogP contribution in [0.2, 0.25) is 0 Å². The average Bonchev–Trinajstić information content (AvgIpc) is 3.30. The highest BCUT2D eigenvalue weighted by atomic mass is 16.7. The third kappa shape index (κ3) is 8.24. The molecule has 1 saturated carbocycles. The zero-order valence-electron chi connectivity index (χ0n) is 22.5. The van der Waals surface area contributed by atoms with Crippen molar-refractivity contribution in [3.8, 4) is 11.1 Å². The lowest BCUT2D eigenvalue weighted by Gasteiger charge is -2.29. The van der Waals surface area contributed by atoms with Gasteiger partial charge in [-0.3, -0.25) is 4.79 Å². The van der Waals surface area contributed by atoms with Crippen LogP contribution in [0.4, 0.5) is 0 Å². The number of carbonyl (C=O) groups is 1.